The van der Waals surface area contributed by atoms with E-state index in [0.717, 1.165) is 0 Å². The van der Waals surface area contributed by atoms with E-state index in [1.54, 1.807) is 20.8 Å². The van der Waals surface area contributed by atoms with Crippen molar-refractivity contribution in [1.82, 2.24) is 5.32 Å². The third-order valence-corrected chi connectivity index (χ3v) is 1.97. The van der Waals surface area contributed by atoms with Crippen molar-refractivity contribution >= 4 is 18.0 Å². The molecule has 0 fully saturated rings. The van der Waals surface area contributed by atoms with Gasteiger partial charge in [-0.25, -0.2) is 9.59 Å². The molecule has 7 nitrogen and oxygen atoms in total. The van der Waals surface area contributed by atoms with Crippen LogP contribution in [0.4, 0.5) is 4.79 Å². The van der Waals surface area contributed by atoms with E-state index in [9.17, 15) is 14.4 Å². The van der Waals surface area contributed by atoms with Crippen molar-refractivity contribution in [2.24, 2.45) is 0 Å². The van der Waals surface area contributed by atoms with E-state index >= 15 is 0 Å². The summed E-state index contributed by atoms with van der Waals surface area (Å²) in [7, 11) is 0. The van der Waals surface area contributed by atoms with E-state index in [0.29, 0.717) is 0 Å². The molecule has 0 bridgehead atoms. The quantitative estimate of drug-likeness (QED) is 0.543. The zero-order valence-electron chi connectivity index (χ0n) is 12.0. The van der Waals surface area contributed by atoms with Crippen LogP contribution in [0.5, 0.6) is 0 Å². The van der Waals surface area contributed by atoms with Crippen LogP contribution in [-0.2, 0) is 19.1 Å². The van der Waals surface area contributed by atoms with Crippen LogP contribution in [0.3, 0.4) is 0 Å². The Kier molecular flexibility index (Phi) is 7.35. The third-order valence-electron chi connectivity index (χ3n) is 1.97. The van der Waals surface area contributed by atoms with Gasteiger partial charge in [0.15, 0.2) is 0 Å². The lowest BCUT2D eigenvalue weighted by Gasteiger charge is -2.22. The summed E-state index contributed by atoms with van der Waals surface area (Å²) in [6, 6.07) is -1.07. The first-order chi connectivity index (χ1) is 9.15. The Hall–Kier alpha value is -2.05. The topological polar surface area (TPSA) is 102 Å². The third kappa shape index (κ3) is 8.96. The molecule has 1 amide bonds. The SMILES string of the molecule is C=CCOC(=O)C(CCC(=O)O)NC(=O)OC(C)(C)C. The summed E-state index contributed by atoms with van der Waals surface area (Å²) < 4.78 is 9.80. The molecule has 0 aromatic heterocycles. The summed E-state index contributed by atoms with van der Waals surface area (Å²) in [5.74, 6) is -1.80. The number of carboxylic acids is 1. The second-order valence-electron chi connectivity index (χ2n) is 5.05. The highest BCUT2D eigenvalue weighted by molar-refractivity contribution is 5.82. The number of nitrogens with one attached hydrogen (secondary N) is 1. The van der Waals surface area contributed by atoms with Crippen LogP contribution in [0.15, 0.2) is 12.7 Å². The highest BCUT2D eigenvalue weighted by Crippen LogP contribution is 2.08. The van der Waals surface area contributed by atoms with E-state index in [1.807, 2.05) is 0 Å². The number of carbonyl (C=O) groups excluding carboxylic acids is 2. The molecule has 7 heteroatoms. The van der Waals surface area contributed by atoms with Crippen LogP contribution >= 0.6 is 0 Å². The van der Waals surface area contributed by atoms with Crippen LogP contribution in [0.25, 0.3) is 0 Å². The fourth-order valence-corrected chi connectivity index (χ4v) is 1.21. The number of carbonyl (C=O) groups is 3. The van der Waals surface area contributed by atoms with E-state index in [2.05, 4.69) is 11.9 Å². The lowest BCUT2D eigenvalue weighted by Crippen LogP contribution is -2.44. The summed E-state index contributed by atoms with van der Waals surface area (Å²) in [5.41, 5.74) is -0.716. The molecule has 0 saturated carbocycles. The Morgan fingerprint density at radius 2 is 1.95 bits per heavy atom. The van der Waals surface area contributed by atoms with Gasteiger partial charge < -0.3 is 19.9 Å². The molecule has 0 aliphatic heterocycles. The Labute approximate surface area is 117 Å². The summed E-state index contributed by atoms with van der Waals surface area (Å²) >= 11 is 0. The Bertz CT molecular complexity index is 372. The van der Waals surface area contributed by atoms with Crippen LogP contribution in [0.1, 0.15) is 33.6 Å². The molecular weight excluding hydrogens is 266 g/mol. The number of rotatable bonds is 7. The van der Waals surface area contributed by atoms with Crippen LogP contribution in [0.2, 0.25) is 0 Å². The second kappa shape index (κ2) is 8.19. The molecule has 0 aliphatic carbocycles. The van der Waals surface area contributed by atoms with E-state index < -0.39 is 29.7 Å². The van der Waals surface area contributed by atoms with Gasteiger partial charge in [0.2, 0.25) is 0 Å². The fraction of sp³-hybridized carbons (Fsp3) is 0.615. The van der Waals surface area contributed by atoms with E-state index in [-0.39, 0.29) is 19.4 Å². The first-order valence-corrected chi connectivity index (χ1v) is 6.14. The van der Waals surface area contributed by atoms with Crippen LogP contribution < -0.4 is 5.32 Å². The molecule has 0 saturated heterocycles. The minimum absolute atomic E-state index is 0.0155. The molecule has 1 unspecified atom stereocenters. The van der Waals surface area contributed by atoms with Gasteiger partial charge in [0.25, 0.3) is 0 Å². The fourth-order valence-electron chi connectivity index (χ4n) is 1.21. The van der Waals surface area contributed by atoms with Gasteiger partial charge in [-0.15, -0.1) is 0 Å². The molecule has 2 N–H and O–H groups in total. The summed E-state index contributed by atoms with van der Waals surface area (Å²) in [4.78, 5) is 33.8. The van der Waals surface area contributed by atoms with Crippen LogP contribution in [0, 0.1) is 0 Å². The van der Waals surface area contributed by atoms with Crippen LogP contribution in [-0.4, -0.2) is 41.4 Å². The molecule has 0 aliphatic rings. The molecular formula is C13H21NO6. The van der Waals surface area contributed by atoms with Gasteiger partial charge in [0.05, 0.1) is 0 Å². The summed E-state index contributed by atoms with van der Waals surface area (Å²) in [6.07, 6.45) is 0.219. The number of amides is 1. The molecule has 0 rings (SSSR count). The number of alkyl carbamates (subject to hydrolysis) is 1. The summed E-state index contributed by atoms with van der Waals surface area (Å²) in [6.45, 7) is 8.40. The average Bonchev–Trinajstić information content (AvgIpc) is 2.28. The molecule has 0 radical (unpaired) electrons. The van der Waals surface area contributed by atoms with Crippen molar-refractivity contribution in [3.05, 3.63) is 12.7 Å². The lowest BCUT2D eigenvalue weighted by molar-refractivity contribution is -0.145. The minimum atomic E-state index is -1.07. The zero-order valence-corrected chi connectivity index (χ0v) is 12.0. The predicted molar refractivity (Wildman–Crippen MR) is 71.2 cm³/mol. The molecule has 0 aromatic rings. The Balaban J connectivity index is 4.58. The number of ether oxygens (including phenoxy) is 2. The number of carboxylic acid groups (broad SMARTS) is 1. The van der Waals surface area contributed by atoms with Gasteiger partial charge in [-0.2, -0.15) is 0 Å². The van der Waals surface area contributed by atoms with Crippen molar-refractivity contribution in [2.75, 3.05) is 6.61 Å². The van der Waals surface area contributed by atoms with Crippen molar-refractivity contribution in [3.8, 4) is 0 Å². The number of hydrogen-bond acceptors (Lipinski definition) is 5. The molecule has 1 atom stereocenters. The maximum absolute atomic E-state index is 11.7. The van der Waals surface area contributed by atoms with Gasteiger partial charge >= 0.3 is 18.0 Å². The molecule has 20 heavy (non-hydrogen) atoms. The van der Waals surface area contributed by atoms with E-state index in [4.69, 9.17) is 14.6 Å². The molecule has 0 heterocycles. The maximum Gasteiger partial charge on any atom is 0.408 e. The van der Waals surface area contributed by atoms with Crippen molar-refractivity contribution < 1.29 is 29.0 Å². The van der Waals surface area contributed by atoms with E-state index in [1.165, 1.54) is 6.08 Å². The normalized spacial score (nSPS) is 12.2. The smallest absolute Gasteiger partial charge is 0.408 e. The number of aliphatic carboxylic acids is 1. The van der Waals surface area contributed by atoms with Crippen molar-refractivity contribution in [3.63, 3.8) is 0 Å². The molecule has 0 aromatic carbocycles. The average molecular weight is 287 g/mol. The van der Waals surface area contributed by atoms with Gasteiger partial charge in [-0.3, -0.25) is 4.79 Å². The van der Waals surface area contributed by atoms with Gasteiger partial charge in [-0.05, 0) is 27.2 Å². The summed E-state index contributed by atoms with van der Waals surface area (Å²) in [5, 5.41) is 10.9. The molecule has 114 valence electrons. The van der Waals surface area contributed by atoms with Gasteiger partial charge in [-0.1, -0.05) is 12.7 Å². The minimum Gasteiger partial charge on any atom is -0.481 e. The first kappa shape index (κ1) is 17.9. The molecule has 0 spiro atoms. The monoisotopic (exact) mass is 287 g/mol. The predicted octanol–water partition coefficient (Wildman–Crippen LogP) is 1.47. The number of esters is 1. The zero-order chi connectivity index (χ0) is 15.8. The standard InChI is InChI=1S/C13H21NO6/c1-5-8-19-11(17)9(6-7-10(15)16)14-12(18)20-13(2,3)4/h5,9H,1,6-8H2,2-4H3,(H,14,18)(H,15,16). The van der Waals surface area contributed by atoms with Crippen molar-refractivity contribution in [1.29, 1.82) is 0 Å². The van der Waals surface area contributed by atoms with Gasteiger partial charge in [0.1, 0.15) is 18.2 Å². The largest absolute Gasteiger partial charge is 0.481 e. The highest BCUT2D eigenvalue weighted by Gasteiger charge is 2.25. The Morgan fingerprint density at radius 1 is 1.35 bits per heavy atom. The maximum atomic E-state index is 11.7. The lowest BCUT2D eigenvalue weighted by atomic mass is 10.1. The van der Waals surface area contributed by atoms with Crippen molar-refractivity contribution in [2.45, 2.75) is 45.3 Å². The number of hydrogen-bond donors (Lipinski definition) is 2. The van der Waals surface area contributed by atoms with Gasteiger partial charge in [0, 0.05) is 6.42 Å². The second-order valence-corrected chi connectivity index (χ2v) is 5.05. The Morgan fingerprint density at radius 3 is 2.40 bits per heavy atom. The highest BCUT2D eigenvalue weighted by atomic mass is 16.6. The first-order valence-electron chi connectivity index (χ1n) is 6.14.